The number of hydrogen-bond donors (Lipinski definition) is 1. The van der Waals surface area contributed by atoms with Crippen LogP contribution in [0.4, 0.5) is 0 Å². The molecule has 3 heterocycles. The lowest BCUT2D eigenvalue weighted by Crippen LogP contribution is -2.35. The summed E-state index contributed by atoms with van der Waals surface area (Å²) in [5.74, 6) is -0.296. The number of nitrogens with one attached hydrogen (secondary N) is 1. The Morgan fingerprint density at radius 1 is 1.16 bits per heavy atom. The van der Waals surface area contributed by atoms with Gasteiger partial charge in [0, 0.05) is 23.3 Å². The van der Waals surface area contributed by atoms with Crippen LogP contribution < -0.4 is 5.32 Å². The molecule has 2 atom stereocenters. The van der Waals surface area contributed by atoms with Crippen LogP contribution in [0, 0.1) is 20.8 Å². The molecule has 1 fully saturated rings. The average molecular weight is 449 g/mol. The maximum absolute atomic E-state index is 12.4. The smallest absolute Gasteiger partial charge is 0.325 e. The van der Waals surface area contributed by atoms with Crippen molar-refractivity contribution >= 4 is 23.3 Å². The number of thiocarbonyl (C=S) groups is 1. The maximum atomic E-state index is 12.4. The minimum absolute atomic E-state index is 0.0851. The summed E-state index contributed by atoms with van der Waals surface area (Å²) in [5.41, 5.74) is 6.54. The minimum Gasteiger partial charge on any atom is -0.465 e. The van der Waals surface area contributed by atoms with Gasteiger partial charge in [0.25, 0.3) is 0 Å². The fraction of sp³-hybridized carbons (Fsp3) is 0.320. The number of hydrogen-bond acceptors (Lipinski definition) is 4. The second kappa shape index (κ2) is 9.12. The van der Waals surface area contributed by atoms with Gasteiger partial charge in [0.05, 0.1) is 24.4 Å². The first kappa shape index (κ1) is 22.0. The fourth-order valence-corrected chi connectivity index (χ4v) is 4.82. The SMILES string of the molecule is CCOC(=O)CN1C(=S)NC(c2ccccn2)C1c1cc(C)n(-c2cccc(C)c2)c1C. The van der Waals surface area contributed by atoms with Crippen LogP contribution in [0.15, 0.2) is 54.7 Å². The van der Waals surface area contributed by atoms with Crippen molar-refractivity contribution in [3.05, 3.63) is 82.9 Å². The van der Waals surface area contributed by atoms with E-state index in [0.717, 1.165) is 28.3 Å². The molecule has 4 rings (SSSR count). The lowest BCUT2D eigenvalue weighted by molar-refractivity contribution is -0.143. The molecule has 0 radical (unpaired) electrons. The normalized spacial score (nSPS) is 18.0. The standard InChI is InChI=1S/C25H28N4O2S/c1-5-31-22(30)15-28-24(23(27-25(28)32)21-11-6-7-12-26-21)20-14-17(3)29(18(20)4)19-10-8-9-16(2)13-19/h6-14,23-24H,5,15H2,1-4H3,(H,27,32). The number of carbonyl (C=O) groups is 1. The lowest BCUT2D eigenvalue weighted by Gasteiger charge is -2.27. The maximum Gasteiger partial charge on any atom is 0.325 e. The van der Waals surface area contributed by atoms with Gasteiger partial charge in [0.1, 0.15) is 6.54 Å². The summed E-state index contributed by atoms with van der Waals surface area (Å²) >= 11 is 5.66. The molecule has 0 saturated carbocycles. The average Bonchev–Trinajstić information content (AvgIpc) is 3.24. The summed E-state index contributed by atoms with van der Waals surface area (Å²) < 4.78 is 7.48. The number of carbonyl (C=O) groups excluding carboxylic acids is 1. The quantitative estimate of drug-likeness (QED) is 0.447. The van der Waals surface area contributed by atoms with E-state index in [1.807, 2.05) is 30.0 Å². The molecule has 3 aromatic rings. The zero-order valence-corrected chi connectivity index (χ0v) is 19.6. The monoisotopic (exact) mass is 448 g/mol. The summed E-state index contributed by atoms with van der Waals surface area (Å²) in [6.07, 6.45) is 1.78. The fourth-order valence-electron chi connectivity index (χ4n) is 4.51. The van der Waals surface area contributed by atoms with Crippen molar-refractivity contribution in [3.8, 4) is 5.69 Å². The van der Waals surface area contributed by atoms with Crippen molar-refractivity contribution in [1.82, 2.24) is 19.8 Å². The molecule has 1 aliphatic heterocycles. The molecule has 2 aromatic heterocycles. The topological polar surface area (TPSA) is 59.4 Å². The van der Waals surface area contributed by atoms with E-state index < -0.39 is 0 Å². The Kier molecular flexibility index (Phi) is 6.28. The summed E-state index contributed by atoms with van der Waals surface area (Å²) in [4.78, 5) is 18.9. The highest BCUT2D eigenvalue weighted by Crippen LogP contribution is 2.41. The third-order valence-electron chi connectivity index (χ3n) is 5.85. The number of aromatic nitrogens is 2. The van der Waals surface area contributed by atoms with E-state index in [2.05, 4.69) is 66.0 Å². The molecule has 32 heavy (non-hydrogen) atoms. The van der Waals surface area contributed by atoms with Crippen molar-refractivity contribution in [2.24, 2.45) is 0 Å². The summed E-state index contributed by atoms with van der Waals surface area (Å²) in [6.45, 7) is 8.54. The summed E-state index contributed by atoms with van der Waals surface area (Å²) in [7, 11) is 0. The van der Waals surface area contributed by atoms with E-state index in [0.29, 0.717) is 11.7 Å². The molecule has 1 aliphatic rings. The Labute approximate surface area is 194 Å². The van der Waals surface area contributed by atoms with Crippen LogP contribution >= 0.6 is 12.2 Å². The molecule has 6 nitrogen and oxygen atoms in total. The van der Waals surface area contributed by atoms with Crippen LogP contribution in [0.2, 0.25) is 0 Å². The minimum atomic E-state index is -0.296. The zero-order valence-electron chi connectivity index (χ0n) is 18.8. The summed E-state index contributed by atoms with van der Waals surface area (Å²) in [5, 5.41) is 3.93. The van der Waals surface area contributed by atoms with Crippen molar-refractivity contribution in [2.75, 3.05) is 13.2 Å². The summed E-state index contributed by atoms with van der Waals surface area (Å²) in [6, 6.07) is 16.1. The van der Waals surface area contributed by atoms with E-state index in [9.17, 15) is 4.79 Å². The number of aryl methyl sites for hydroxylation is 2. The Balaban J connectivity index is 1.81. The molecule has 1 aromatic carbocycles. The number of nitrogens with zero attached hydrogens (tertiary/aromatic N) is 3. The van der Waals surface area contributed by atoms with Gasteiger partial charge in [-0.25, -0.2) is 0 Å². The molecule has 2 unspecified atom stereocenters. The largest absolute Gasteiger partial charge is 0.465 e. The van der Waals surface area contributed by atoms with Gasteiger partial charge in [-0.15, -0.1) is 0 Å². The second-order valence-corrected chi connectivity index (χ2v) is 8.45. The molecule has 0 spiro atoms. The number of esters is 1. The number of benzene rings is 1. The molecular formula is C25H28N4O2S. The Morgan fingerprint density at radius 2 is 1.97 bits per heavy atom. The van der Waals surface area contributed by atoms with Crippen LogP contribution in [-0.2, 0) is 9.53 Å². The highest BCUT2D eigenvalue weighted by molar-refractivity contribution is 7.80. The Morgan fingerprint density at radius 3 is 2.66 bits per heavy atom. The van der Waals surface area contributed by atoms with Crippen molar-refractivity contribution < 1.29 is 9.53 Å². The van der Waals surface area contributed by atoms with Crippen LogP contribution in [0.3, 0.4) is 0 Å². The van der Waals surface area contributed by atoms with Crippen LogP contribution in [-0.4, -0.2) is 38.7 Å². The molecular weight excluding hydrogens is 420 g/mol. The third kappa shape index (κ3) is 4.12. The zero-order chi connectivity index (χ0) is 22.8. The Hall–Kier alpha value is -3.19. The highest BCUT2D eigenvalue weighted by Gasteiger charge is 2.42. The molecule has 1 N–H and O–H groups in total. The van der Waals surface area contributed by atoms with E-state index in [4.69, 9.17) is 17.0 Å². The van der Waals surface area contributed by atoms with Crippen molar-refractivity contribution in [3.63, 3.8) is 0 Å². The molecule has 166 valence electrons. The first-order valence-corrected chi connectivity index (χ1v) is 11.2. The first-order valence-electron chi connectivity index (χ1n) is 10.8. The number of ether oxygens (including phenoxy) is 1. The van der Waals surface area contributed by atoms with Gasteiger partial charge in [-0.05, 0) is 81.4 Å². The van der Waals surface area contributed by atoms with E-state index >= 15 is 0 Å². The highest BCUT2D eigenvalue weighted by atomic mass is 32.1. The first-order chi connectivity index (χ1) is 15.4. The van der Waals surface area contributed by atoms with Crippen molar-refractivity contribution in [1.29, 1.82) is 0 Å². The van der Waals surface area contributed by atoms with E-state index in [-0.39, 0.29) is 24.6 Å². The van der Waals surface area contributed by atoms with Crippen LogP contribution in [0.5, 0.6) is 0 Å². The van der Waals surface area contributed by atoms with Gasteiger partial charge in [-0.3, -0.25) is 9.78 Å². The van der Waals surface area contributed by atoms with Crippen molar-refractivity contribution in [2.45, 2.75) is 39.8 Å². The lowest BCUT2D eigenvalue weighted by atomic mass is 9.97. The van der Waals surface area contributed by atoms with Crippen LogP contribution in [0.25, 0.3) is 5.69 Å². The van der Waals surface area contributed by atoms with E-state index in [1.165, 1.54) is 5.56 Å². The van der Waals surface area contributed by atoms with E-state index in [1.54, 1.807) is 6.20 Å². The second-order valence-electron chi connectivity index (χ2n) is 8.06. The predicted molar refractivity (Wildman–Crippen MR) is 129 cm³/mol. The van der Waals surface area contributed by atoms with Gasteiger partial charge in [0.2, 0.25) is 0 Å². The van der Waals surface area contributed by atoms with Crippen LogP contribution in [0.1, 0.15) is 47.2 Å². The van der Waals surface area contributed by atoms with Gasteiger partial charge in [-0.2, -0.15) is 0 Å². The molecule has 7 heteroatoms. The molecule has 0 amide bonds. The van der Waals surface area contributed by atoms with Gasteiger partial charge >= 0.3 is 5.97 Å². The Bertz CT molecular complexity index is 1140. The number of rotatable bonds is 6. The van der Waals surface area contributed by atoms with Gasteiger partial charge < -0.3 is 19.5 Å². The van der Waals surface area contributed by atoms with Gasteiger partial charge in [-0.1, -0.05) is 18.2 Å². The molecule has 0 aliphatic carbocycles. The number of pyridine rings is 1. The molecule has 1 saturated heterocycles. The predicted octanol–water partition coefficient (Wildman–Crippen LogP) is 4.33. The molecule has 0 bridgehead atoms. The van der Waals surface area contributed by atoms with Gasteiger partial charge in [0.15, 0.2) is 5.11 Å². The third-order valence-corrected chi connectivity index (χ3v) is 6.20.